The maximum Gasteiger partial charge on any atom is 0.321 e. The molecule has 0 aliphatic carbocycles. The quantitative estimate of drug-likeness (QED) is 0.741. The number of nitrogen functional groups attached to an aromatic ring is 1. The highest BCUT2D eigenvalue weighted by atomic mass is 16.2. The fraction of sp³-hybridized carbons (Fsp3) is 0.250. The van der Waals surface area contributed by atoms with Crippen molar-refractivity contribution in [3.63, 3.8) is 0 Å². The van der Waals surface area contributed by atoms with Crippen LogP contribution in [0.3, 0.4) is 0 Å². The Morgan fingerprint density at radius 2 is 1.69 bits per heavy atom. The van der Waals surface area contributed by atoms with E-state index in [0.29, 0.717) is 19.0 Å². The molecule has 1 saturated heterocycles. The molecule has 4 rings (SSSR count). The summed E-state index contributed by atoms with van der Waals surface area (Å²) < 4.78 is 0. The lowest BCUT2D eigenvalue weighted by atomic mass is 9.91. The molecule has 132 valence electrons. The first-order valence-electron chi connectivity index (χ1n) is 8.84. The van der Waals surface area contributed by atoms with Crippen LogP contribution in [-0.4, -0.2) is 34.0 Å². The predicted octanol–water partition coefficient (Wildman–Crippen LogP) is 3.62. The van der Waals surface area contributed by atoms with Crippen LogP contribution in [0.25, 0.3) is 10.9 Å². The number of piperidine rings is 1. The number of para-hydroxylation sites is 2. The largest absolute Gasteiger partial charge is 0.368 e. The van der Waals surface area contributed by atoms with Gasteiger partial charge in [-0.2, -0.15) is 0 Å². The molecule has 0 unspecified atom stereocenters. The fourth-order valence-corrected chi connectivity index (χ4v) is 3.51. The summed E-state index contributed by atoms with van der Waals surface area (Å²) in [6.07, 6.45) is 1.73. The van der Waals surface area contributed by atoms with Crippen molar-refractivity contribution in [1.29, 1.82) is 0 Å². The number of likely N-dealkylation sites (tertiary alicyclic amines) is 1. The van der Waals surface area contributed by atoms with Gasteiger partial charge in [0.25, 0.3) is 0 Å². The van der Waals surface area contributed by atoms with E-state index in [1.54, 1.807) is 0 Å². The van der Waals surface area contributed by atoms with Crippen molar-refractivity contribution in [3.8, 4) is 0 Å². The summed E-state index contributed by atoms with van der Waals surface area (Å²) in [7, 11) is 0. The number of anilines is 2. The van der Waals surface area contributed by atoms with Crippen molar-refractivity contribution in [1.82, 2.24) is 14.9 Å². The number of nitrogens with two attached hydrogens (primary N) is 1. The lowest BCUT2D eigenvalue weighted by Crippen LogP contribution is -2.40. The summed E-state index contributed by atoms with van der Waals surface area (Å²) in [6, 6.07) is 17.4. The molecule has 2 amide bonds. The second-order valence-electron chi connectivity index (χ2n) is 6.54. The molecule has 1 aliphatic rings. The van der Waals surface area contributed by atoms with Gasteiger partial charge in [0.05, 0.1) is 11.2 Å². The summed E-state index contributed by atoms with van der Waals surface area (Å²) >= 11 is 0. The number of carbonyl (C=O) groups is 1. The lowest BCUT2D eigenvalue weighted by Gasteiger charge is -2.32. The van der Waals surface area contributed by atoms with Gasteiger partial charge in [-0.25, -0.2) is 14.8 Å². The average Bonchev–Trinajstić information content (AvgIpc) is 2.68. The molecule has 0 bridgehead atoms. The summed E-state index contributed by atoms with van der Waals surface area (Å²) in [6.45, 7) is 1.39. The Morgan fingerprint density at radius 1 is 1.00 bits per heavy atom. The third-order valence-corrected chi connectivity index (χ3v) is 4.84. The topological polar surface area (TPSA) is 84.1 Å². The molecule has 3 N–H and O–H groups in total. The van der Waals surface area contributed by atoms with Crippen molar-refractivity contribution in [2.75, 3.05) is 24.1 Å². The Balaban J connectivity index is 1.46. The third kappa shape index (κ3) is 3.31. The van der Waals surface area contributed by atoms with Crippen molar-refractivity contribution in [2.24, 2.45) is 0 Å². The van der Waals surface area contributed by atoms with Crippen molar-refractivity contribution >= 4 is 28.6 Å². The summed E-state index contributed by atoms with van der Waals surface area (Å²) in [4.78, 5) is 23.1. The Morgan fingerprint density at radius 3 is 2.46 bits per heavy atom. The van der Waals surface area contributed by atoms with E-state index in [0.717, 1.165) is 35.1 Å². The molecule has 0 atom stereocenters. The molecule has 1 aliphatic heterocycles. The van der Waals surface area contributed by atoms with Gasteiger partial charge in [-0.15, -0.1) is 0 Å². The number of hydrogen-bond acceptors (Lipinski definition) is 4. The number of urea groups is 1. The summed E-state index contributed by atoms with van der Waals surface area (Å²) in [5.41, 5.74) is 8.58. The van der Waals surface area contributed by atoms with Gasteiger partial charge in [-0.05, 0) is 31.0 Å². The number of aromatic nitrogens is 2. The highest BCUT2D eigenvalue weighted by molar-refractivity contribution is 5.89. The number of hydrogen-bond donors (Lipinski definition) is 2. The van der Waals surface area contributed by atoms with E-state index < -0.39 is 0 Å². The Labute approximate surface area is 152 Å². The average molecular weight is 347 g/mol. The van der Waals surface area contributed by atoms with Gasteiger partial charge in [0.15, 0.2) is 0 Å². The fourth-order valence-electron chi connectivity index (χ4n) is 3.51. The van der Waals surface area contributed by atoms with E-state index >= 15 is 0 Å². The van der Waals surface area contributed by atoms with E-state index in [4.69, 9.17) is 5.73 Å². The summed E-state index contributed by atoms with van der Waals surface area (Å²) in [5, 5.41) is 4.00. The van der Waals surface area contributed by atoms with Crippen LogP contribution in [0.2, 0.25) is 0 Å². The van der Waals surface area contributed by atoms with Gasteiger partial charge >= 0.3 is 6.03 Å². The number of carbonyl (C=O) groups excluding carboxylic acids is 1. The standard InChI is InChI=1S/C20H21N5O/c21-19-23-17-9-5-4-8-16(17)18(24-19)14-10-12-25(13-11-14)20(26)22-15-6-2-1-3-7-15/h1-9,14H,10-13H2,(H,22,26)(H2,21,23,24). The van der Waals surface area contributed by atoms with Crippen LogP contribution in [0.5, 0.6) is 0 Å². The molecule has 6 nitrogen and oxygen atoms in total. The second-order valence-corrected chi connectivity index (χ2v) is 6.54. The Hall–Kier alpha value is -3.15. The number of amides is 2. The second kappa shape index (κ2) is 7.00. The van der Waals surface area contributed by atoms with Crippen LogP contribution in [0.1, 0.15) is 24.5 Å². The SMILES string of the molecule is Nc1nc(C2CCN(C(=O)Nc3ccccc3)CC2)c2ccccc2n1. The maximum atomic E-state index is 12.4. The molecule has 26 heavy (non-hydrogen) atoms. The van der Waals surface area contributed by atoms with Gasteiger partial charge in [0, 0.05) is 30.1 Å². The van der Waals surface area contributed by atoms with E-state index in [1.165, 1.54) is 0 Å². The van der Waals surface area contributed by atoms with Crippen LogP contribution >= 0.6 is 0 Å². The molecular formula is C20H21N5O. The number of benzene rings is 2. The van der Waals surface area contributed by atoms with E-state index in [-0.39, 0.29) is 11.9 Å². The number of nitrogens with zero attached hydrogens (tertiary/aromatic N) is 3. The monoisotopic (exact) mass is 347 g/mol. The Bertz CT molecular complexity index is 920. The smallest absolute Gasteiger partial charge is 0.321 e. The minimum Gasteiger partial charge on any atom is -0.368 e. The van der Waals surface area contributed by atoms with Crippen LogP contribution in [0.4, 0.5) is 16.4 Å². The number of nitrogens with one attached hydrogen (secondary N) is 1. The van der Waals surface area contributed by atoms with Crippen molar-refractivity contribution in [2.45, 2.75) is 18.8 Å². The van der Waals surface area contributed by atoms with Gasteiger partial charge < -0.3 is 16.0 Å². The van der Waals surface area contributed by atoms with Gasteiger partial charge in [0.2, 0.25) is 5.95 Å². The highest BCUT2D eigenvalue weighted by Gasteiger charge is 2.26. The predicted molar refractivity (Wildman–Crippen MR) is 103 cm³/mol. The van der Waals surface area contributed by atoms with Crippen LogP contribution in [0, 0.1) is 0 Å². The van der Waals surface area contributed by atoms with Crippen molar-refractivity contribution in [3.05, 3.63) is 60.3 Å². The zero-order valence-corrected chi connectivity index (χ0v) is 14.4. The first-order chi connectivity index (χ1) is 12.7. The molecule has 2 heterocycles. The Kier molecular flexibility index (Phi) is 4.39. The van der Waals surface area contributed by atoms with Crippen LogP contribution in [-0.2, 0) is 0 Å². The molecule has 3 aromatic rings. The first-order valence-corrected chi connectivity index (χ1v) is 8.84. The molecule has 0 spiro atoms. The third-order valence-electron chi connectivity index (χ3n) is 4.84. The molecule has 1 aromatic heterocycles. The van der Waals surface area contributed by atoms with Crippen LogP contribution < -0.4 is 11.1 Å². The zero-order valence-electron chi connectivity index (χ0n) is 14.4. The molecule has 6 heteroatoms. The minimum atomic E-state index is -0.0540. The minimum absolute atomic E-state index is 0.0540. The van der Waals surface area contributed by atoms with Gasteiger partial charge in [0.1, 0.15) is 0 Å². The molecule has 1 fully saturated rings. The summed E-state index contributed by atoms with van der Waals surface area (Å²) in [5.74, 6) is 0.592. The van der Waals surface area contributed by atoms with Crippen LogP contribution in [0.15, 0.2) is 54.6 Å². The number of fused-ring (bicyclic) bond motifs is 1. The van der Waals surface area contributed by atoms with E-state index in [1.807, 2.05) is 59.5 Å². The first kappa shape index (κ1) is 16.3. The molecule has 2 aromatic carbocycles. The zero-order chi connectivity index (χ0) is 17.9. The van der Waals surface area contributed by atoms with E-state index in [2.05, 4.69) is 15.3 Å². The lowest BCUT2D eigenvalue weighted by molar-refractivity contribution is 0.194. The molecular weight excluding hydrogens is 326 g/mol. The number of rotatable bonds is 2. The normalized spacial score (nSPS) is 15.2. The van der Waals surface area contributed by atoms with Gasteiger partial charge in [-0.3, -0.25) is 0 Å². The van der Waals surface area contributed by atoms with Gasteiger partial charge in [-0.1, -0.05) is 36.4 Å². The maximum absolute atomic E-state index is 12.4. The molecule has 0 radical (unpaired) electrons. The van der Waals surface area contributed by atoms with E-state index in [9.17, 15) is 4.79 Å². The van der Waals surface area contributed by atoms with Crippen molar-refractivity contribution < 1.29 is 4.79 Å². The highest BCUT2D eigenvalue weighted by Crippen LogP contribution is 2.31. The molecule has 0 saturated carbocycles.